The van der Waals surface area contributed by atoms with E-state index in [2.05, 4.69) is 15.2 Å². The maximum absolute atomic E-state index is 11.0. The SMILES string of the molecule is O=C(O)c1cccc(-c2nnc(-c3ccc4cc[nH]c4c3)o2)c1. The van der Waals surface area contributed by atoms with E-state index in [9.17, 15) is 4.79 Å². The Morgan fingerprint density at radius 2 is 1.78 bits per heavy atom. The van der Waals surface area contributed by atoms with Gasteiger partial charge in [-0.25, -0.2) is 4.79 Å². The minimum atomic E-state index is -0.996. The molecule has 0 aliphatic rings. The number of carboxylic acids is 1. The van der Waals surface area contributed by atoms with Crippen molar-refractivity contribution in [3.63, 3.8) is 0 Å². The maximum Gasteiger partial charge on any atom is 0.335 e. The van der Waals surface area contributed by atoms with E-state index in [1.807, 2.05) is 30.5 Å². The highest BCUT2D eigenvalue weighted by Gasteiger charge is 2.13. The summed E-state index contributed by atoms with van der Waals surface area (Å²) in [4.78, 5) is 14.2. The molecule has 0 radical (unpaired) electrons. The molecule has 0 atom stereocenters. The zero-order valence-corrected chi connectivity index (χ0v) is 11.9. The van der Waals surface area contributed by atoms with Gasteiger partial charge in [0.15, 0.2) is 0 Å². The van der Waals surface area contributed by atoms with Gasteiger partial charge in [0.2, 0.25) is 11.8 Å². The third kappa shape index (κ3) is 2.36. The van der Waals surface area contributed by atoms with Gasteiger partial charge in [0, 0.05) is 22.8 Å². The Morgan fingerprint density at radius 1 is 1.00 bits per heavy atom. The zero-order valence-electron chi connectivity index (χ0n) is 11.9. The summed E-state index contributed by atoms with van der Waals surface area (Å²) in [6.45, 7) is 0. The lowest BCUT2D eigenvalue weighted by molar-refractivity contribution is 0.0697. The first kappa shape index (κ1) is 13.3. The molecule has 4 aromatic rings. The molecule has 0 spiro atoms. The Balaban J connectivity index is 1.73. The fourth-order valence-electron chi connectivity index (χ4n) is 2.42. The van der Waals surface area contributed by atoms with Crippen LogP contribution >= 0.6 is 0 Å². The van der Waals surface area contributed by atoms with Crippen molar-refractivity contribution in [1.29, 1.82) is 0 Å². The van der Waals surface area contributed by atoms with E-state index in [0.717, 1.165) is 16.5 Å². The van der Waals surface area contributed by atoms with Crippen LogP contribution in [0.1, 0.15) is 10.4 Å². The third-order valence-electron chi connectivity index (χ3n) is 3.58. The molecule has 0 saturated heterocycles. The predicted octanol–water partition coefficient (Wildman–Crippen LogP) is 3.58. The van der Waals surface area contributed by atoms with Crippen molar-refractivity contribution >= 4 is 16.9 Å². The molecule has 23 heavy (non-hydrogen) atoms. The van der Waals surface area contributed by atoms with Crippen molar-refractivity contribution in [2.75, 3.05) is 0 Å². The molecule has 6 nitrogen and oxygen atoms in total. The van der Waals surface area contributed by atoms with Gasteiger partial charge >= 0.3 is 5.97 Å². The molecule has 2 heterocycles. The van der Waals surface area contributed by atoms with Crippen molar-refractivity contribution in [1.82, 2.24) is 15.2 Å². The molecule has 0 fully saturated rings. The number of aromatic carboxylic acids is 1. The maximum atomic E-state index is 11.0. The Labute approximate surface area is 130 Å². The Kier molecular flexibility index (Phi) is 2.94. The summed E-state index contributed by atoms with van der Waals surface area (Å²) in [5, 5.41) is 18.2. The number of aromatic amines is 1. The van der Waals surface area contributed by atoms with Crippen LogP contribution in [-0.2, 0) is 0 Å². The van der Waals surface area contributed by atoms with Gasteiger partial charge in [-0.2, -0.15) is 0 Å². The van der Waals surface area contributed by atoms with Gasteiger partial charge in [-0.1, -0.05) is 12.1 Å². The number of rotatable bonds is 3. The van der Waals surface area contributed by atoms with Crippen molar-refractivity contribution in [3.8, 4) is 22.9 Å². The molecule has 2 aromatic carbocycles. The second-order valence-electron chi connectivity index (χ2n) is 5.08. The average Bonchev–Trinajstić information content (AvgIpc) is 3.23. The highest BCUT2D eigenvalue weighted by Crippen LogP contribution is 2.26. The molecule has 0 aliphatic carbocycles. The molecule has 4 rings (SSSR count). The van der Waals surface area contributed by atoms with Crippen LogP contribution < -0.4 is 0 Å². The van der Waals surface area contributed by atoms with Gasteiger partial charge in [0.1, 0.15) is 0 Å². The summed E-state index contributed by atoms with van der Waals surface area (Å²) in [6, 6.07) is 14.2. The molecule has 0 saturated carbocycles. The summed E-state index contributed by atoms with van der Waals surface area (Å²) in [5.74, 6) is -0.323. The van der Waals surface area contributed by atoms with E-state index in [1.54, 1.807) is 12.1 Å². The van der Waals surface area contributed by atoms with Gasteiger partial charge in [-0.05, 0) is 41.8 Å². The number of aromatic nitrogens is 3. The number of carboxylic acid groups (broad SMARTS) is 1. The van der Waals surface area contributed by atoms with Crippen LogP contribution in [0.4, 0.5) is 0 Å². The second-order valence-corrected chi connectivity index (χ2v) is 5.08. The van der Waals surface area contributed by atoms with Crippen molar-refractivity contribution in [2.24, 2.45) is 0 Å². The normalized spacial score (nSPS) is 11.0. The van der Waals surface area contributed by atoms with Crippen LogP contribution in [0.3, 0.4) is 0 Å². The van der Waals surface area contributed by atoms with Crippen LogP contribution in [0.15, 0.2) is 59.1 Å². The van der Waals surface area contributed by atoms with E-state index in [1.165, 1.54) is 12.1 Å². The second kappa shape index (κ2) is 5.10. The number of fused-ring (bicyclic) bond motifs is 1. The molecular weight excluding hydrogens is 294 g/mol. The van der Waals surface area contributed by atoms with Crippen molar-refractivity contribution in [2.45, 2.75) is 0 Å². The minimum absolute atomic E-state index is 0.176. The minimum Gasteiger partial charge on any atom is -0.478 e. The van der Waals surface area contributed by atoms with Gasteiger partial charge in [-0.15, -0.1) is 10.2 Å². The fraction of sp³-hybridized carbons (Fsp3) is 0. The number of hydrogen-bond acceptors (Lipinski definition) is 4. The zero-order chi connectivity index (χ0) is 15.8. The van der Waals surface area contributed by atoms with E-state index < -0.39 is 5.97 Å². The van der Waals surface area contributed by atoms with Crippen molar-refractivity contribution < 1.29 is 14.3 Å². The number of benzene rings is 2. The van der Waals surface area contributed by atoms with Gasteiger partial charge < -0.3 is 14.5 Å². The lowest BCUT2D eigenvalue weighted by Gasteiger charge is -1.98. The molecular formula is C17H11N3O3. The van der Waals surface area contributed by atoms with E-state index in [4.69, 9.17) is 9.52 Å². The Hall–Kier alpha value is -3.41. The summed E-state index contributed by atoms with van der Waals surface area (Å²) >= 11 is 0. The van der Waals surface area contributed by atoms with Gasteiger partial charge in [0.25, 0.3) is 0 Å². The molecule has 0 amide bonds. The first-order valence-corrected chi connectivity index (χ1v) is 6.95. The third-order valence-corrected chi connectivity index (χ3v) is 3.58. The van der Waals surface area contributed by atoms with Gasteiger partial charge in [-0.3, -0.25) is 0 Å². The first-order valence-electron chi connectivity index (χ1n) is 6.95. The number of hydrogen-bond donors (Lipinski definition) is 2. The largest absolute Gasteiger partial charge is 0.478 e. The molecule has 0 unspecified atom stereocenters. The lowest BCUT2D eigenvalue weighted by Crippen LogP contribution is -1.95. The first-order chi connectivity index (χ1) is 11.2. The number of nitrogens with zero attached hydrogens (tertiary/aromatic N) is 2. The molecule has 2 N–H and O–H groups in total. The van der Waals surface area contributed by atoms with E-state index in [-0.39, 0.29) is 11.5 Å². The Morgan fingerprint density at radius 3 is 2.57 bits per heavy atom. The van der Waals surface area contributed by atoms with Crippen LogP contribution in [0.25, 0.3) is 33.8 Å². The fourth-order valence-corrected chi connectivity index (χ4v) is 2.42. The van der Waals surface area contributed by atoms with E-state index >= 15 is 0 Å². The monoisotopic (exact) mass is 305 g/mol. The summed E-state index contributed by atoms with van der Waals surface area (Å²) in [5.41, 5.74) is 2.53. The molecule has 2 aromatic heterocycles. The topological polar surface area (TPSA) is 92.0 Å². The van der Waals surface area contributed by atoms with Crippen LogP contribution in [0, 0.1) is 0 Å². The summed E-state index contributed by atoms with van der Waals surface area (Å²) < 4.78 is 5.69. The Bertz CT molecular complexity index is 1020. The molecule has 0 bridgehead atoms. The highest BCUT2D eigenvalue weighted by atomic mass is 16.4. The van der Waals surface area contributed by atoms with E-state index in [0.29, 0.717) is 11.5 Å². The number of carbonyl (C=O) groups is 1. The number of H-pyrrole nitrogens is 1. The predicted molar refractivity (Wildman–Crippen MR) is 84.0 cm³/mol. The van der Waals surface area contributed by atoms with Crippen molar-refractivity contribution in [3.05, 3.63) is 60.3 Å². The van der Waals surface area contributed by atoms with Crippen LogP contribution in [-0.4, -0.2) is 26.3 Å². The lowest BCUT2D eigenvalue weighted by atomic mass is 10.1. The summed E-state index contributed by atoms with van der Waals surface area (Å²) in [7, 11) is 0. The molecule has 112 valence electrons. The van der Waals surface area contributed by atoms with Crippen LogP contribution in [0.5, 0.6) is 0 Å². The molecule has 6 heteroatoms. The van der Waals surface area contributed by atoms with Crippen LogP contribution in [0.2, 0.25) is 0 Å². The summed E-state index contributed by atoms with van der Waals surface area (Å²) in [6.07, 6.45) is 1.87. The molecule has 0 aliphatic heterocycles. The standard InChI is InChI=1S/C17H11N3O3/c21-17(22)13-3-1-2-11(8-13)15-19-20-16(23-15)12-5-4-10-6-7-18-14(10)9-12/h1-9,18H,(H,21,22). The number of nitrogens with one attached hydrogen (secondary N) is 1. The smallest absolute Gasteiger partial charge is 0.335 e. The highest BCUT2D eigenvalue weighted by molar-refractivity contribution is 5.89. The average molecular weight is 305 g/mol. The van der Waals surface area contributed by atoms with Gasteiger partial charge in [0.05, 0.1) is 5.56 Å². The quantitative estimate of drug-likeness (QED) is 0.603.